The standard InChI is InChI=1S/C21H25N3O5S2/c25-21(17-8-10-19(11-9-17)30(26,27)23-12-1-2-13-23)22-18-6-5-7-20(16-18)31(28,29)24-14-3-4-15-24/h5-11,16H,1-4,12-15H2,(H,22,25). The Hall–Kier alpha value is -2.27. The van der Waals surface area contributed by atoms with Crippen molar-refractivity contribution in [1.82, 2.24) is 8.61 Å². The van der Waals surface area contributed by atoms with Gasteiger partial charge in [-0.15, -0.1) is 0 Å². The fourth-order valence-corrected chi connectivity index (χ4v) is 6.95. The maximum Gasteiger partial charge on any atom is 0.255 e. The molecule has 166 valence electrons. The van der Waals surface area contributed by atoms with Crippen LogP contribution in [0, 0.1) is 0 Å². The number of rotatable bonds is 6. The predicted octanol–water partition coefficient (Wildman–Crippen LogP) is 2.51. The summed E-state index contributed by atoms with van der Waals surface area (Å²) < 4.78 is 53.6. The summed E-state index contributed by atoms with van der Waals surface area (Å²) in [5.74, 6) is -0.444. The third-order valence-electron chi connectivity index (χ3n) is 5.61. The molecule has 1 N–H and O–H groups in total. The minimum Gasteiger partial charge on any atom is -0.322 e. The van der Waals surface area contributed by atoms with Crippen molar-refractivity contribution < 1.29 is 21.6 Å². The summed E-state index contributed by atoms with van der Waals surface area (Å²) in [5.41, 5.74) is 0.646. The number of hydrogen-bond acceptors (Lipinski definition) is 5. The van der Waals surface area contributed by atoms with Crippen LogP contribution in [0.15, 0.2) is 58.3 Å². The molecule has 2 aromatic carbocycles. The Morgan fingerprint density at radius 2 is 1.23 bits per heavy atom. The van der Waals surface area contributed by atoms with E-state index < -0.39 is 26.0 Å². The molecule has 10 heteroatoms. The highest BCUT2D eigenvalue weighted by molar-refractivity contribution is 7.89. The first-order valence-electron chi connectivity index (χ1n) is 10.3. The van der Waals surface area contributed by atoms with Crippen molar-refractivity contribution in [2.75, 3.05) is 31.5 Å². The molecule has 0 radical (unpaired) electrons. The van der Waals surface area contributed by atoms with Gasteiger partial charge in [-0.2, -0.15) is 8.61 Å². The largest absolute Gasteiger partial charge is 0.322 e. The fraction of sp³-hybridized carbons (Fsp3) is 0.381. The smallest absolute Gasteiger partial charge is 0.255 e. The Balaban J connectivity index is 1.48. The maximum absolute atomic E-state index is 12.7. The fourth-order valence-electron chi connectivity index (χ4n) is 3.87. The molecule has 0 spiro atoms. The number of sulfonamides is 2. The Morgan fingerprint density at radius 3 is 1.77 bits per heavy atom. The summed E-state index contributed by atoms with van der Waals surface area (Å²) >= 11 is 0. The number of amides is 1. The van der Waals surface area contributed by atoms with Gasteiger partial charge in [-0.1, -0.05) is 6.07 Å². The van der Waals surface area contributed by atoms with Gasteiger partial charge in [0.15, 0.2) is 0 Å². The molecule has 2 aliphatic rings. The minimum absolute atomic E-state index is 0.138. The number of nitrogens with zero attached hydrogens (tertiary/aromatic N) is 2. The molecule has 0 bridgehead atoms. The molecule has 31 heavy (non-hydrogen) atoms. The van der Waals surface area contributed by atoms with Crippen LogP contribution in [0.1, 0.15) is 36.0 Å². The van der Waals surface area contributed by atoms with E-state index in [2.05, 4.69) is 5.32 Å². The van der Waals surface area contributed by atoms with Gasteiger partial charge < -0.3 is 5.32 Å². The molecular weight excluding hydrogens is 438 g/mol. The molecule has 2 aliphatic heterocycles. The number of carbonyl (C=O) groups excluding carboxylic acids is 1. The molecule has 2 heterocycles. The van der Waals surface area contributed by atoms with Crippen LogP contribution < -0.4 is 5.32 Å². The van der Waals surface area contributed by atoms with Gasteiger partial charge in [0.1, 0.15) is 0 Å². The van der Waals surface area contributed by atoms with Crippen LogP contribution in [-0.2, 0) is 20.0 Å². The third kappa shape index (κ3) is 4.52. The molecule has 8 nitrogen and oxygen atoms in total. The zero-order valence-corrected chi connectivity index (χ0v) is 18.7. The van der Waals surface area contributed by atoms with Crippen LogP contribution in [0.3, 0.4) is 0 Å². The van der Waals surface area contributed by atoms with E-state index in [9.17, 15) is 21.6 Å². The minimum atomic E-state index is -3.58. The predicted molar refractivity (Wildman–Crippen MR) is 117 cm³/mol. The molecule has 0 aliphatic carbocycles. The van der Waals surface area contributed by atoms with Crippen LogP contribution in [0.25, 0.3) is 0 Å². The summed E-state index contributed by atoms with van der Waals surface area (Å²) in [6, 6.07) is 11.9. The summed E-state index contributed by atoms with van der Waals surface area (Å²) in [5, 5.41) is 2.69. The Morgan fingerprint density at radius 1 is 0.710 bits per heavy atom. The first-order chi connectivity index (χ1) is 14.8. The van der Waals surface area contributed by atoms with E-state index in [1.54, 1.807) is 12.1 Å². The van der Waals surface area contributed by atoms with Gasteiger partial charge in [-0.05, 0) is 68.1 Å². The average Bonchev–Trinajstić information content (AvgIpc) is 3.48. The molecule has 2 saturated heterocycles. The quantitative estimate of drug-likeness (QED) is 0.709. The second kappa shape index (κ2) is 8.70. The lowest BCUT2D eigenvalue weighted by Gasteiger charge is -2.16. The highest BCUT2D eigenvalue weighted by Crippen LogP contribution is 2.24. The molecule has 2 fully saturated rings. The van der Waals surface area contributed by atoms with Gasteiger partial charge in [0.2, 0.25) is 20.0 Å². The lowest BCUT2D eigenvalue weighted by atomic mass is 10.2. The molecule has 0 saturated carbocycles. The zero-order chi connectivity index (χ0) is 22.1. The summed E-state index contributed by atoms with van der Waals surface area (Å²) in [6.07, 6.45) is 3.40. The average molecular weight is 464 g/mol. The van der Waals surface area contributed by atoms with Crippen LogP contribution in [-0.4, -0.2) is 57.5 Å². The van der Waals surface area contributed by atoms with Crippen molar-refractivity contribution in [3.8, 4) is 0 Å². The van der Waals surface area contributed by atoms with Crippen LogP contribution in [0.5, 0.6) is 0 Å². The Bertz CT molecular complexity index is 1170. The second-order valence-corrected chi connectivity index (χ2v) is 11.6. The monoisotopic (exact) mass is 463 g/mol. The molecule has 4 rings (SSSR count). The van der Waals surface area contributed by atoms with E-state index in [0.29, 0.717) is 31.9 Å². The molecular formula is C21H25N3O5S2. The van der Waals surface area contributed by atoms with Crippen LogP contribution in [0.2, 0.25) is 0 Å². The molecule has 0 aromatic heterocycles. The van der Waals surface area contributed by atoms with Crippen molar-refractivity contribution in [3.63, 3.8) is 0 Å². The first kappa shape index (κ1) is 21.9. The summed E-state index contributed by atoms with van der Waals surface area (Å²) in [6.45, 7) is 2.04. The van der Waals surface area contributed by atoms with Crippen molar-refractivity contribution in [1.29, 1.82) is 0 Å². The molecule has 0 unspecified atom stereocenters. The lowest BCUT2D eigenvalue weighted by Crippen LogP contribution is -2.28. The molecule has 2 aromatic rings. The lowest BCUT2D eigenvalue weighted by molar-refractivity contribution is 0.102. The Labute approximate surface area is 183 Å². The van der Waals surface area contributed by atoms with E-state index in [0.717, 1.165) is 25.7 Å². The molecule has 1 amide bonds. The van der Waals surface area contributed by atoms with Crippen LogP contribution in [0.4, 0.5) is 5.69 Å². The van der Waals surface area contributed by atoms with Gasteiger partial charge in [-0.3, -0.25) is 4.79 Å². The number of benzene rings is 2. The number of anilines is 1. The van der Waals surface area contributed by atoms with E-state index in [-0.39, 0.29) is 15.4 Å². The van der Waals surface area contributed by atoms with Crippen molar-refractivity contribution in [2.45, 2.75) is 35.5 Å². The summed E-state index contributed by atoms with van der Waals surface area (Å²) in [7, 11) is -7.12. The number of nitrogens with one attached hydrogen (secondary N) is 1. The van der Waals surface area contributed by atoms with E-state index in [1.165, 1.54) is 45.0 Å². The van der Waals surface area contributed by atoms with E-state index >= 15 is 0 Å². The number of carbonyl (C=O) groups is 1. The maximum atomic E-state index is 12.7. The van der Waals surface area contributed by atoms with Crippen LogP contribution >= 0.6 is 0 Å². The van der Waals surface area contributed by atoms with Crippen molar-refractivity contribution >= 4 is 31.6 Å². The van der Waals surface area contributed by atoms with Gasteiger partial charge >= 0.3 is 0 Å². The second-order valence-electron chi connectivity index (χ2n) is 7.73. The van der Waals surface area contributed by atoms with Crippen molar-refractivity contribution in [3.05, 3.63) is 54.1 Å². The SMILES string of the molecule is O=C(Nc1cccc(S(=O)(=O)N2CCCC2)c1)c1ccc(S(=O)(=O)N2CCCC2)cc1. The normalized spacial score (nSPS) is 18.3. The molecule has 0 atom stereocenters. The topological polar surface area (TPSA) is 104 Å². The van der Waals surface area contributed by atoms with E-state index in [1.807, 2.05) is 0 Å². The summed E-state index contributed by atoms with van der Waals surface area (Å²) in [4.78, 5) is 12.9. The number of hydrogen-bond donors (Lipinski definition) is 1. The third-order valence-corrected chi connectivity index (χ3v) is 9.42. The van der Waals surface area contributed by atoms with Gasteiger partial charge in [-0.25, -0.2) is 16.8 Å². The highest BCUT2D eigenvalue weighted by atomic mass is 32.2. The van der Waals surface area contributed by atoms with E-state index in [4.69, 9.17) is 0 Å². The van der Waals surface area contributed by atoms with Crippen molar-refractivity contribution in [2.24, 2.45) is 0 Å². The Kier molecular flexibility index (Phi) is 6.16. The van der Waals surface area contributed by atoms with Gasteiger partial charge in [0, 0.05) is 37.4 Å². The first-order valence-corrected chi connectivity index (χ1v) is 13.2. The van der Waals surface area contributed by atoms with Gasteiger partial charge in [0.25, 0.3) is 5.91 Å². The highest BCUT2D eigenvalue weighted by Gasteiger charge is 2.28. The van der Waals surface area contributed by atoms with Gasteiger partial charge in [0.05, 0.1) is 9.79 Å². The zero-order valence-electron chi connectivity index (χ0n) is 17.0.